The lowest BCUT2D eigenvalue weighted by atomic mass is 10.1. The van der Waals surface area contributed by atoms with Crippen LogP contribution in [0.15, 0.2) is 22.7 Å². The maximum Gasteiger partial charge on any atom is 0.255 e. The van der Waals surface area contributed by atoms with Crippen molar-refractivity contribution in [1.29, 1.82) is 0 Å². The summed E-state index contributed by atoms with van der Waals surface area (Å²) in [7, 11) is 0. The van der Waals surface area contributed by atoms with Crippen molar-refractivity contribution >= 4 is 21.8 Å². The van der Waals surface area contributed by atoms with Crippen LogP contribution in [0.2, 0.25) is 0 Å². The van der Waals surface area contributed by atoms with Crippen LogP contribution in [-0.4, -0.2) is 35.1 Å². The van der Waals surface area contributed by atoms with Gasteiger partial charge in [0, 0.05) is 17.1 Å². The molecule has 4 heteroatoms. The zero-order chi connectivity index (χ0) is 14.4. The molecule has 19 heavy (non-hydrogen) atoms. The minimum Gasteiger partial charge on any atom is -0.395 e. The molecular formula is C15H22BrNO2. The number of aliphatic hydroxyl groups excluding tert-OH is 1. The Morgan fingerprint density at radius 2 is 2.00 bits per heavy atom. The van der Waals surface area contributed by atoms with E-state index in [2.05, 4.69) is 29.8 Å². The first-order valence-electron chi connectivity index (χ1n) is 6.73. The summed E-state index contributed by atoms with van der Waals surface area (Å²) in [4.78, 5) is 14.4. The molecule has 0 atom stereocenters. The minimum atomic E-state index is -0.0154. The zero-order valence-corrected chi connectivity index (χ0v) is 13.4. The second-order valence-corrected chi connectivity index (χ2v) is 5.42. The van der Waals surface area contributed by atoms with Crippen molar-refractivity contribution in [1.82, 2.24) is 4.90 Å². The SMILES string of the molecule is CCC(CC)N(CCO)C(=O)c1cccc(C)c1Br. The highest BCUT2D eigenvalue weighted by Gasteiger charge is 2.23. The monoisotopic (exact) mass is 327 g/mol. The summed E-state index contributed by atoms with van der Waals surface area (Å²) in [6.07, 6.45) is 1.79. The lowest BCUT2D eigenvalue weighted by Crippen LogP contribution is -2.41. The van der Waals surface area contributed by atoms with Crippen molar-refractivity contribution in [2.75, 3.05) is 13.2 Å². The van der Waals surface area contributed by atoms with E-state index >= 15 is 0 Å². The number of nitrogens with zero attached hydrogens (tertiary/aromatic N) is 1. The molecule has 1 aromatic rings. The molecule has 0 aliphatic rings. The number of amides is 1. The third-order valence-corrected chi connectivity index (χ3v) is 4.46. The summed E-state index contributed by atoms with van der Waals surface area (Å²) in [6, 6.07) is 5.85. The van der Waals surface area contributed by atoms with Gasteiger partial charge in [0.1, 0.15) is 0 Å². The molecule has 0 fully saturated rings. The first-order valence-corrected chi connectivity index (χ1v) is 7.53. The summed E-state index contributed by atoms with van der Waals surface area (Å²) in [6.45, 7) is 6.47. The number of benzene rings is 1. The molecule has 0 saturated heterocycles. The van der Waals surface area contributed by atoms with Gasteiger partial charge in [-0.05, 0) is 47.3 Å². The third-order valence-electron chi connectivity index (χ3n) is 3.41. The summed E-state index contributed by atoms with van der Waals surface area (Å²) in [5.74, 6) is -0.0154. The normalized spacial score (nSPS) is 10.8. The van der Waals surface area contributed by atoms with Crippen LogP contribution in [0, 0.1) is 6.92 Å². The standard InChI is InChI=1S/C15H22BrNO2/c1-4-12(5-2)17(9-10-18)15(19)13-8-6-7-11(3)14(13)16/h6-8,12,18H,4-5,9-10H2,1-3H3. The first kappa shape index (κ1) is 16.2. The van der Waals surface area contributed by atoms with Crippen LogP contribution in [-0.2, 0) is 0 Å². The Labute approximate surface area is 123 Å². The number of aliphatic hydroxyl groups is 1. The van der Waals surface area contributed by atoms with Crippen molar-refractivity contribution in [2.24, 2.45) is 0 Å². The van der Waals surface area contributed by atoms with E-state index in [1.807, 2.05) is 25.1 Å². The maximum atomic E-state index is 12.7. The highest BCUT2D eigenvalue weighted by atomic mass is 79.9. The predicted molar refractivity (Wildman–Crippen MR) is 81.4 cm³/mol. The van der Waals surface area contributed by atoms with E-state index in [1.165, 1.54) is 0 Å². The van der Waals surface area contributed by atoms with E-state index in [-0.39, 0.29) is 18.6 Å². The molecule has 0 aliphatic carbocycles. The number of hydrogen-bond acceptors (Lipinski definition) is 2. The van der Waals surface area contributed by atoms with Gasteiger partial charge in [0.15, 0.2) is 0 Å². The lowest BCUT2D eigenvalue weighted by Gasteiger charge is -2.30. The number of hydrogen-bond donors (Lipinski definition) is 1. The number of rotatable bonds is 6. The molecule has 0 aromatic heterocycles. The molecule has 1 aromatic carbocycles. The van der Waals surface area contributed by atoms with Crippen LogP contribution in [0.1, 0.15) is 42.6 Å². The fourth-order valence-electron chi connectivity index (χ4n) is 2.25. The van der Waals surface area contributed by atoms with Crippen LogP contribution < -0.4 is 0 Å². The van der Waals surface area contributed by atoms with Gasteiger partial charge in [-0.1, -0.05) is 26.0 Å². The Morgan fingerprint density at radius 1 is 1.37 bits per heavy atom. The van der Waals surface area contributed by atoms with Gasteiger partial charge in [0.2, 0.25) is 0 Å². The van der Waals surface area contributed by atoms with Gasteiger partial charge >= 0.3 is 0 Å². The second-order valence-electron chi connectivity index (χ2n) is 4.63. The lowest BCUT2D eigenvalue weighted by molar-refractivity contribution is 0.0621. The molecule has 106 valence electrons. The average Bonchev–Trinajstić information content (AvgIpc) is 2.41. The minimum absolute atomic E-state index is 0.00826. The molecule has 0 bridgehead atoms. The fraction of sp³-hybridized carbons (Fsp3) is 0.533. The molecule has 0 heterocycles. The van der Waals surface area contributed by atoms with E-state index < -0.39 is 0 Å². The van der Waals surface area contributed by atoms with E-state index in [4.69, 9.17) is 0 Å². The van der Waals surface area contributed by atoms with Crippen LogP contribution in [0.4, 0.5) is 0 Å². The predicted octanol–water partition coefficient (Wildman–Crippen LogP) is 3.38. The van der Waals surface area contributed by atoms with Crippen LogP contribution in [0.5, 0.6) is 0 Å². The summed E-state index contributed by atoms with van der Waals surface area (Å²) in [5, 5.41) is 9.19. The molecule has 0 spiro atoms. The van der Waals surface area contributed by atoms with E-state index in [0.29, 0.717) is 12.1 Å². The Balaban J connectivity index is 3.08. The topological polar surface area (TPSA) is 40.5 Å². The van der Waals surface area contributed by atoms with Gasteiger partial charge in [-0.25, -0.2) is 0 Å². The fourth-order valence-corrected chi connectivity index (χ4v) is 2.69. The van der Waals surface area contributed by atoms with Crippen molar-refractivity contribution in [3.63, 3.8) is 0 Å². The molecule has 0 aliphatic heterocycles. The van der Waals surface area contributed by atoms with Gasteiger partial charge in [0.05, 0.1) is 12.2 Å². The largest absolute Gasteiger partial charge is 0.395 e. The first-order chi connectivity index (χ1) is 9.06. The Kier molecular flexibility index (Phi) is 6.52. The van der Waals surface area contributed by atoms with Crippen molar-refractivity contribution in [3.05, 3.63) is 33.8 Å². The van der Waals surface area contributed by atoms with E-state index in [1.54, 1.807) is 4.90 Å². The van der Waals surface area contributed by atoms with E-state index in [9.17, 15) is 9.90 Å². The van der Waals surface area contributed by atoms with Gasteiger partial charge < -0.3 is 10.0 Å². The molecule has 1 rings (SSSR count). The van der Waals surface area contributed by atoms with Gasteiger partial charge in [0.25, 0.3) is 5.91 Å². The number of halogens is 1. The average molecular weight is 328 g/mol. The highest BCUT2D eigenvalue weighted by Crippen LogP contribution is 2.24. The number of carbonyl (C=O) groups excluding carboxylic acids is 1. The molecular weight excluding hydrogens is 306 g/mol. The Bertz CT molecular complexity index is 430. The highest BCUT2D eigenvalue weighted by molar-refractivity contribution is 9.10. The van der Waals surface area contributed by atoms with Crippen molar-refractivity contribution in [3.8, 4) is 0 Å². The second kappa shape index (κ2) is 7.65. The maximum absolute atomic E-state index is 12.7. The molecule has 1 amide bonds. The molecule has 0 radical (unpaired) electrons. The third kappa shape index (κ3) is 3.80. The number of aryl methyl sites for hydroxylation is 1. The van der Waals surface area contributed by atoms with Gasteiger partial charge in [-0.2, -0.15) is 0 Å². The van der Waals surface area contributed by atoms with Gasteiger partial charge in [-0.3, -0.25) is 4.79 Å². The van der Waals surface area contributed by atoms with Crippen LogP contribution >= 0.6 is 15.9 Å². The quantitative estimate of drug-likeness (QED) is 0.870. The smallest absolute Gasteiger partial charge is 0.255 e. The molecule has 0 unspecified atom stereocenters. The van der Waals surface area contributed by atoms with E-state index in [0.717, 1.165) is 22.9 Å². The van der Waals surface area contributed by atoms with Crippen LogP contribution in [0.25, 0.3) is 0 Å². The Morgan fingerprint density at radius 3 is 2.53 bits per heavy atom. The Hall–Kier alpha value is -0.870. The molecule has 1 N–H and O–H groups in total. The summed E-state index contributed by atoms with van der Waals surface area (Å²) >= 11 is 3.48. The molecule has 3 nitrogen and oxygen atoms in total. The van der Waals surface area contributed by atoms with Crippen LogP contribution in [0.3, 0.4) is 0 Å². The zero-order valence-electron chi connectivity index (χ0n) is 11.8. The number of carbonyl (C=O) groups is 1. The van der Waals surface area contributed by atoms with Gasteiger partial charge in [-0.15, -0.1) is 0 Å². The summed E-state index contributed by atoms with van der Waals surface area (Å²) < 4.78 is 0.842. The van der Waals surface area contributed by atoms with Crippen molar-refractivity contribution in [2.45, 2.75) is 39.7 Å². The summed E-state index contributed by atoms with van der Waals surface area (Å²) in [5.41, 5.74) is 1.71. The van der Waals surface area contributed by atoms with Crippen molar-refractivity contribution < 1.29 is 9.90 Å². The molecule has 0 saturated carbocycles.